The number of likely N-dealkylation sites (tertiary alicyclic amines) is 1. The number of rotatable bonds is 3. The highest BCUT2D eigenvalue weighted by Gasteiger charge is 2.24. The normalized spacial score (nSPS) is 20.4. The number of aliphatic hydroxyl groups excluding tert-OH is 1. The van der Waals surface area contributed by atoms with Crippen LogP contribution in [0.3, 0.4) is 0 Å². The number of hydrogen-bond acceptors (Lipinski definition) is 5. The SMILES string of the molecule is Cc1noc(CCC(=O)N2CC[C@@H](O)C2)n1. The van der Waals surface area contributed by atoms with Crippen molar-refractivity contribution in [1.29, 1.82) is 0 Å². The Morgan fingerprint density at radius 2 is 2.50 bits per heavy atom. The average Bonchev–Trinajstić information content (AvgIpc) is 2.84. The van der Waals surface area contributed by atoms with Gasteiger partial charge in [0.25, 0.3) is 0 Å². The first-order chi connectivity index (χ1) is 7.65. The summed E-state index contributed by atoms with van der Waals surface area (Å²) in [5.41, 5.74) is 0. The largest absolute Gasteiger partial charge is 0.391 e. The van der Waals surface area contributed by atoms with E-state index in [1.807, 2.05) is 0 Å². The van der Waals surface area contributed by atoms with Crippen molar-refractivity contribution >= 4 is 5.91 Å². The molecule has 1 aliphatic rings. The second-order valence-corrected chi connectivity index (χ2v) is 4.02. The maximum Gasteiger partial charge on any atom is 0.227 e. The summed E-state index contributed by atoms with van der Waals surface area (Å²) in [6, 6.07) is 0. The molecule has 1 N–H and O–H groups in total. The van der Waals surface area contributed by atoms with Crippen LogP contribution < -0.4 is 0 Å². The first-order valence-corrected chi connectivity index (χ1v) is 5.40. The summed E-state index contributed by atoms with van der Waals surface area (Å²) in [5.74, 6) is 1.11. The van der Waals surface area contributed by atoms with E-state index in [1.165, 1.54) is 0 Å². The van der Waals surface area contributed by atoms with Gasteiger partial charge in [-0.25, -0.2) is 0 Å². The zero-order chi connectivity index (χ0) is 11.5. The summed E-state index contributed by atoms with van der Waals surface area (Å²) in [6.07, 6.45) is 1.13. The zero-order valence-corrected chi connectivity index (χ0v) is 9.22. The fourth-order valence-electron chi connectivity index (χ4n) is 1.78. The van der Waals surface area contributed by atoms with E-state index in [2.05, 4.69) is 10.1 Å². The number of hydrogen-bond donors (Lipinski definition) is 1. The molecule has 1 saturated heterocycles. The van der Waals surface area contributed by atoms with Crippen molar-refractivity contribution in [2.24, 2.45) is 0 Å². The van der Waals surface area contributed by atoms with E-state index < -0.39 is 0 Å². The zero-order valence-electron chi connectivity index (χ0n) is 9.22. The third kappa shape index (κ3) is 2.57. The quantitative estimate of drug-likeness (QED) is 0.777. The predicted molar refractivity (Wildman–Crippen MR) is 54.6 cm³/mol. The number of carbonyl (C=O) groups is 1. The molecule has 0 spiro atoms. The van der Waals surface area contributed by atoms with Crippen LogP contribution in [0.4, 0.5) is 0 Å². The predicted octanol–water partition coefficient (Wildman–Crippen LogP) is -0.0962. The fraction of sp³-hybridized carbons (Fsp3) is 0.700. The number of aryl methyl sites for hydroxylation is 2. The van der Waals surface area contributed by atoms with Gasteiger partial charge >= 0.3 is 0 Å². The van der Waals surface area contributed by atoms with Gasteiger partial charge in [0.05, 0.1) is 6.10 Å². The minimum Gasteiger partial charge on any atom is -0.391 e. The van der Waals surface area contributed by atoms with Gasteiger partial charge in [-0.05, 0) is 13.3 Å². The molecule has 2 heterocycles. The first kappa shape index (κ1) is 11.1. The number of aromatic nitrogens is 2. The Morgan fingerprint density at radius 1 is 1.69 bits per heavy atom. The average molecular weight is 225 g/mol. The van der Waals surface area contributed by atoms with E-state index in [4.69, 9.17) is 4.52 Å². The van der Waals surface area contributed by atoms with E-state index >= 15 is 0 Å². The van der Waals surface area contributed by atoms with Gasteiger partial charge in [0.1, 0.15) is 0 Å². The highest BCUT2D eigenvalue weighted by atomic mass is 16.5. The van der Waals surface area contributed by atoms with Crippen LogP contribution in [0.2, 0.25) is 0 Å². The van der Waals surface area contributed by atoms with Gasteiger partial charge in [-0.15, -0.1) is 0 Å². The van der Waals surface area contributed by atoms with Gasteiger partial charge in [0.2, 0.25) is 11.8 Å². The Kier molecular flexibility index (Phi) is 3.19. The van der Waals surface area contributed by atoms with Crippen LogP contribution >= 0.6 is 0 Å². The van der Waals surface area contributed by atoms with Crippen molar-refractivity contribution in [3.8, 4) is 0 Å². The van der Waals surface area contributed by atoms with Crippen molar-refractivity contribution in [1.82, 2.24) is 15.0 Å². The topological polar surface area (TPSA) is 79.5 Å². The number of carbonyl (C=O) groups excluding carboxylic acids is 1. The highest BCUT2D eigenvalue weighted by Crippen LogP contribution is 2.11. The minimum atomic E-state index is -0.366. The molecule has 16 heavy (non-hydrogen) atoms. The molecule has 1 amide bonds. The van der Waals surface area contributed by atoms with Crippen LogP contribution in [-0.2, 0) is 11.2 Å². The molecule has 1 aromatic rings. The van der Waals surface area contributed by atoms with Gasteiger partial charge < -0.3 is 14.5 Å². The van der Waals surface area contributed by atoms with Gasteiger partial charge in [0, 0.05) is 25.9 Å². The lowest BCUT2D eigenvalue weighted by molar-refractivity contribution is -0.130. The Labute approximate surface area is 93.2 Å². The summed E-state index contributed by atoms with van der Waals surface area (Å²) >= 11 is 0. The molecule has 6 nitrogen and oxygen atoms in total. The molecular weight excluding hydrogens is 210 g/mol. The molecular formula is C10H15N3O3. The Hall–Kier alpha value is -1.43. The number of β-amino-alcohol motifs (C(OH)–C–C–N with tert-alkyl or cyclic N) is 1. The third-order valence-corrected chi connectivity index (χ3v) is 2.64. The van der Waals surface area contributed by atoms with Gasteiger partial charge in [-0.2, -0.15) is 4.98 Å². The molecule has 1 fully saturated rings. The minimum absolute atomic E-state index is 0.0346. The standard InChI is InChI=1S/C10H15N3O3/c1-7-11-9(16-12-7)2-3-10(15)13-5-4-8(14)6-13/h8,14H,2-6H2,1H3/t8-/m1/s1. The van der Waals surface area contributed by atoms with Crippen LogP contribution in [0.1, 0.15) is 24.6 Å². The van der Waals surface area contributed by atoms with Crippen molar-refractivity contribution in [2.45, 2.75) is 32.3 Å². The van der Waals surface area contributed by atoms with Crippen LogP contribution in [0, 0.1) is 6.92 Å². The summed E-state index contributed by atoms with van der Waals surface area (Å²) in [4.78, 5) is 17.4. The van der Waals surface area contributed by atoms with Crippen LogP contribution in [0.15, 0.2) is 4.52 Å². The van der Waals surface area contributed by atoms with E-state index in [1.54, 1.807) is 11.8 Å². The molecule has 0 radical (unpaired) electrons. The van der Waals surface area contributed by atoms with Crippen molar-refractivity contribution < 1.29 is 14.4 Å². The van der Waals surface area contributed by atoms with Crippen molar-refractivity contribution in [2.75, 3.05) is 13.1 Å². The molecule has 1 aromatic heterocycles. The van der Waals surface area contributed by atoms with E-state index in [0.29, 0.717) is 44.1 Å². The lowest BCUT2D eigenvalue weighted by Crippen LogP contribution is -2.29. The number of aliphatic hydroxyl groups is 1. The third-order valence-electron chi connectivity index (χ3n) is 2.64. The number of nitrogens with zero attached hydrogens (tertiary/aromatic N) is 3. The van der Waals surface area contributed by atoms with Crippen LogP contribution in [0.25, 0.3) is 0 Å². The molecule has 6 heteroatoms. The molecule has 0 saturated carbocycles. The first-order valence-electron chi connectivity index (χ1n) is 5.40. The Bertz CT molecular complexity index is 377. The van der Waals surface area contributed by atoms with E-state index in [-0.39, 0.29) is 12.0 Å². The van der Waals surface area contributed by atoms with E-state index in [0.717, 1.165) is 0 Å². The fourth-order valence-corrected chi connectivity index (χ4v) is 1.78. The number of amides is 1. The molecule has 1 aliphatic heterocycles. The smallest absolute Gasteiger partial charge is 0.227 e. The highest BCUT2D eigenvalue weighted by molar-refractivity contribution is 5.76. The summed E-state index contributed by atoms with van der Waals surface area (Å²) in [7, 11) is 0. The van der Waals surface area contributed by atoms with Crippen LogP contribution in [-0.4, -0.2) is 45.2 Å². The molecule has 0 bridgehead atoms. The van der Waals surface area contributed by atoms with Crippen molar-refractivity contribution in [3.05, 3.63) is 11.7 Å². The second kappa shape index (κ2) is 4.61. The summed E-state index contributed by atoms with van der Waals surface area (Å²) in [6.45, 7) is 2.83. The summed E-state index contributed by atoms with van der Waals surface area (Å²) < 4.78 is 4.92. The molecule has 1 atom stereocenters. The lowest BCUT2D eigenvalue weighted by atomic mass is 10.3. The Balaban J connectivity index is 1.80. The van der Waals surface area contributed by atoms with Gasteiger partial charge in [0.15, 0.2) is 5.82 Å². The molecule has 88 valence electrons. The molecule has 0 unspecified atom stereocenters. The maximum atomic E-state index is 11.7. The van der Waals surface area contributed by atoms with E-state index in [9.17, 15) is 9.90 Å². The molecule has 2 rings (SSSR count). The molecule has 0 aliphatic carbocycles. The summed E-state index contributed by atoms with van der Waals surface area (Å²) in [5, 5.41) is 13.0. The second-order valence-electron chi connectivity index (χ2n) is 4.02. The molecule has 0 aromatic carbocycles. The monoisotopic (exact) mass is 225 g/mol. The van der Waals surface area contributed by atoms with Crippen molar-refractivity contribution in [3.63, 3.8) is 0 Å². The Morgan fingerprint density at radius 3 is 3.06 bits per heavy atom. The van der Waals surface area contributed by atoms with Crippen LogP contribution in [0.5, 0.6) is 0 Å². The lowest BCUT2D eigenvalue weighted by Gasteiger charge is -2.14. The van der Waals surface area contributed by atoms with Gasteiger partial charge in [-0.1, -0.05) is 5.16 Å². The van der Waals surface area contributed by atoms with Gasteiger partial charge in [-0.3, -0.25) is 4.79 Å². The maximum absolute atomic E-state index is 11.7.